The lowest BCUT2D eigenvalue weighted by Gasteiger charge is -2.18. The molecular weight excluding hydrogens is 362 g/mol. The summed E-state index contributed by atoms with van der Waals surface area (Å²) < 4.78 is 5.11. The van der Waals surface area contributed by atoms with E-state index in [4.69, 9.17) is 16.3 Å². The molecule has 0 spiro atoms. The van der Waals surface area contributed by atoms with Gasteiger partial charge in [-0.25, -0.2) is 4.79 Å². The number of esters is 1. The Morgan fingerprint density at radius 2 is 2.08 bits per heavy atom. The van der Waals surface area contributed by atoms with Crippen LogP contribution in [0, 0.1) is 6.92 Å². The van der Waals surface area contributed by atoms with Crippen molar-refractivity contribution in [3.05, 3.63) is 50.7 Å². The summed E-state index contributed by atoms with van der Waals surface area (Å²) in [7, 11) is 0. The van der Waals surface area contributed by atoms with Gasteiger partial charge in [-0.15, -0.1) is 11.3 Å². The molecule has 1 amide bonds. The molecular formula is C18H16ClNO4S. The second-order valence-electron chi connectivity index (χ2n) is 5.72. The molecule has 0 atom stereocenters. The maximum absolute atomic E-state index is 12.2. The number of ether oxygens (including phenoxy) is 1. The molecule has 1 aliphatic heterocycles. The zero-order valence-electron chi connectivity index (χ0n) is 13.6. The predicted octanol–water partition coefficient (Wildman–Crippen LogP) is 3.88. The molecule has 5 nitrogen and oxygen atoms in total. The van der Waals surface area contributed by atoms with Gasteiger partial charge in [-0.2, -0.15) is 0 Å². The average molecular weight is 378 g/mol. The Morgan fingerprint density at radius 1 is 1.28 bits per heavy atom. The number of ketones is 1. The van der Waals surface area contributed by atoms with Crippen molar-refractivity contribution < 1.29 is 19.1 Å². The van der Waals surface area contributed by atoms with E-state index in [1.165, 1.54) is 23.5 Å². The van der Waals surface area contributed by atoms with E-state index in [2.05, 4.69) is 0 Å². The van der Waals surface area contributed by atoms with Crippen molar-refractivity contribution in [2.24, 2.45) is 0 Å². The zero-order chi connectivity index (χ0) is 18.0. The van der Waals surface area contributed by atoms with E-state index >= 15 is 0 Å². The number of anilines is 1. The van der Waals surface area contributed by atoms with E-state index in [1.54, 1.807) is 17.0 Å². The zero-order valence-corrected chi connectivity index (χ0v) is 15.2. The number of rotatable bonds is 5. The van der Waals surface area contributed by atoms with Gasteiger partial charge >= 0.3 is 5.97 Å². The molecule has 2 heterocycles. The molecule has 130 valence electrons. The highest BCUT2D eigenvalue weighted by Crippen LogP contribution is 2.30. The van der Waals surface area contributed by atoms with E-state index in [-0.39, 0.29) is 23.9 Å². The number of carbonyl (C=O) groups is 3. The van der Waals surface area contributed by atoms with Crippen molar-refractivity contribution in [2.45, 2.75) is 19.8 Å². The van der Waals surface area contributed by atoms with Gasteiger partial charge in [0, 0.05) is 17.8 Å². The summed E-state index contributed by atoms with van der Waals surface area (Å²) in [5.74, 6) is -0.878. The first-order valence-electron chi connectivity index (χ1n) is 7.82. The minimum atomic E-state index is -0.619. The van der Waals surface area contributed by atoms with Crippen LogP contribution >= 0.6 is 22.9 Å². The van der Waals surface area contributed by atoms with Crippen molar-refractivity contribution in [3.8, 4) is 0 Å². The van der Waals surface area contributed by atoms with Crippen LogP contribution in [0.5, 0.6) is 0 Å². The molecule has 1 fully saturated rings. The fourth-order valence-electron chi connectivity index (χ4n) is 2.62. The normalized spacial score (nSPS) is 14.0. The maximum atomic E-state index is 12.2. The standard InChI is InChI=1S/C18H16ClNO4S/c1-11-4-7-16(25-11)15(21)10-24-18(23)12-5-6-13(19)14(9-12)20-8-2-3-17(20)22/h4-7,9H,2-3,8,10H2,1H3. The number of aryl methyl sites for hydroxylation is 1. The molecule has 25 heavy (non-hydrogen) atoms. The minimum absolute atomic E-state index is 0.0179. The topological polar surface area (TPSA) is 63.7 Å². The third kappa shape index (κ3) is 3.91. The third-order valence-electron chi connectivity index (χ3n) is 3.90. The van der Waals surface area contributed by atoms with Gasteiger partial charge in [-0.1, -0.05) is 11.6 Å². The van der Waals surface area contributed by atoms with Crippen LogP contribution in [0.4, 0.5) is 5.69 Å². The lowest BCUT2D eigenvalue weighted by atomic mass is 10.2. The number of thiophene rings is 1. The van der Waals surface area contributed by atoms with Gasteiger partial charge in [0.05, 0.1) is 21.2 Å². The van der Waals surface area contributed by atoms with Crippen LogP contribution < -0.4 is 4.90 Å². The smallest absolute Gasteiger partial charge is 0.338 e. The quantitative estimate of drug-likeness (QED) is 0.586. The summed E-state index contributed by atoms with van der Waals surface area (Å²) >= 11 is 7.52. The third-order valence-corrected chi connectivity index (χ3v) is 5.26. The van der Waals surface area contributed by atoms with Crippen LogP contribution in [0.2, 0.25) is 5.02 Å². The van der Waals surface area contributed by atoms with E-state index in [0.717, 1.165) is 11.3 Å². The Kier molecular flexibility index (Phi) is 5.20. The average Bonchev–Trinajstić information content (AvgIpc) is 3.21. The Morgan fingerprint density at radius 3 is 2.72 bits per heavy atom. The molecule has 2 aromatic rings. The van der Waals surface area contributed by atoms with Crippen LogP contribution in [0.3, 0.4) is 0 Å². The number of amides is 1. The van der Waals surface area contributed by atoms with E-state index < -0.39 is 5.97 Å². The minimum Gasteiger partial charge on any atom is -0.454 e. The van der Waals surface area contributed by atoms with Gasteiger partial charge in [-0.3, -0.25) is 9.59 Å². The second kappa shape index (κ2) is 7.37. The highest BCUT2D eigenvalue weighted by Gasteiger charge is 2.25. The molecule has 1 aromatic carbocycles. The number of nitrogens with zero attached hydrogens (tertiary/aromatic N) is 1. The van der Waals surface area contributed by atoms with Crippen molar-refractivity contribution in [3.63, 3.8) is 0 Å². The fourth-order valence-corrected chi connectivity index (χ4v) is 3.63. The van der Waals surface area contributed by atoms with Crippen molar-refractivity contribution >= 4 is 46.3 Å². The molecule has 0 unspecified atom stereocenters. The van der Waals surface area contributed by atoms with E-state index in [0.29, 0.717) is 28.6 Å². The fraction of sp³-hybridized carbons (Fsp3) is 0.278. The highest BCUT2D eigenvalue weighted by molar-refractivity contribution is 7.14. The molecule has 0 saturated carbocycles. The summed E-state index contributed by atoms with van der Waals surface area (Å²) in [5, 5.41) is 0.400. The summed E-state index contributed by atoms with van der Waals surface area (Å²) in [5.41, 5.74) is 0.757. The molecule has 1 aromatic heterocycles. The second-order valence-corrected chi connectivity index (χ2v) is 7.42. The van der Waals surface area contributed by atoms with Crippen molar-refractivity contribution in [1.29, 1.82) is 0 Å². The SMILES string of the molecule is Cc1ccc(C(=O)COC(=O)c2ccc(Cl)c(N3CCCC3=O)c2)s1. The largest absolute Gasteiger partial charge is 0.454 e. The van der Waals surface area contributed by atoms with Crippen molar-refractivity contribution in [1.82, 2.24) is 0 Å². The number of hydrogen-bond acceptors (Lipinski definition) is 5. The number of hydrogen-bond donors (Lipinski definition) is 0. The predicted molar refractivity (Wildman–Crippen MR) is 96.7 cm³/mol. The molecule has 0 aliphatic carbocycles. The van der Waals surface area contributed by atoms with Crippen LogP contribution in [-0.2, 0) is 9.53 Å². The first-order chi connectivity index (χ1) is 12.0. The van der Waals surface area contributed by atoms with Gasteiger partial charge in [-0.05, 0) is 43.7 Å². The lowest BCUT2D eigenvalue weighted by molar-refractivity contribution is -0.117. The Bertz CT molecular complexity index is 845. The summed E-state index contributed by atoms with van der Waals surface area (Å²) in [4.78, 5) is 39.3. The molecule has 7 heteroatoms. The summed E-state index contributed by atoms with van der Waals surface area (Å²) in [6, 6.07) is 8.18. The van der Waals surface area contributed by atoms with Gasteiger partial charge in [0.25, 0.3) is 0 Å². The molecule has 0 radical (unpaired) electrons. The van der Waals surface area contributed by atoms with Gasteiger partial charge < -0.3 is 9.64 Å². The molecule has 1 aliphatic rings. The van der Waals surface area contributed by atoms with E-state index in [1.807, 2.05) is 13.0 Å². The van der Waals surface area contributed by atoms with Crippen molar-refractivity contribution in [2.75, 3.05) is 18.1 Å². The molecule has 0 bridgehead atoms. The van der Waals surface area contributed by atoms with Crippen LogP contribution in [0.15, 0.2) is 30.3 Å². The van der Waals surface area contributed by atoms with Crippen LogP contribution in [-0.4, -0.2) is 30.8 Å². The molecule has 3 rings (SSSR count). The van der Waals surface area contributed by atoms with Gasteiger partial charge in [0.2, 0.25) is 11.7 Å². The summed E-state index contributed by atoms with van der Waals surface area (Å²) in [6.45, 7) is 2.16. The Balaban J connectivity index is 1.70. The summed E-state index contributed by atoms with van der Waals surface area (Å²) in [6.07, 6.45) is 1.23. The first kappa shape index (κ1) is 17.6. The maximum Gasteiger partial charge on any atom is 0.338 e. The van der Waals surface area contributed by atoms with Crippen LogP contribution in [0.1, 0.15) is 37.7 Å². The Labute approximate surface area is 154 Å². The number of halogens is 1. The van der Waals surface area contributed by atoms with Gasteiger partial charge in [0.1, 0.15) is 0 Å². The molecule has 0 N–H and O–H groups in total. The molecule has 1 saturated heterocycles. The van der Waals surface area contributed by atoms with E-state index in [9.17, 15) is 14.4 Å². The lowest BCUT2D eigenvalue weighted by Crippen LogP contribution is -2.24. The first-order valence-corrected chi connectivity index (χ1v) is 9.02. The number of benzene rings is 1. The monoisotopic (exact) mass is 377 g/mol. The highest BCUT2D eigenvalue weighted by atomic mass is 35.5. The van der Waals surface area contributed by atoms with Gasteiger partial charge in [0.15, 0.2) is 6.61 Å². The Hall–Kier alpha value is -2.18. The number of carbonyl (C=O) groups excluding carboxylic acids is 3. The number of Topliss-reactive ketones (excluding diaryl/α,β-unsaturated/α-hetero) is 1. The van der Waals surface area contributed by atoms with Crippen LogP contribution in [0.25, 0.3) is 0 Å².